The maximum absolute atomic E-state index is 12.8. The second-order valence-corrected chi connectivity index (χ2v) is 23.1. The third kappa shape index (κ3) is 59.2. The minimum atomic E-state index is -4.54. The summed E-state index contributed by atoms with van der Waals surface area (Å²) in [7, 11) is 1.37. The summed E-state index contributed by atoms with van der Waals surface area (Å²) in [6.07, 6.45) is 70.2. The molecule has 0 aromatic heterocycles. The molecule has 8 nitrogen and oxygen atoms in total. The highest BCUT2D eigenvalue weighted by Crippen LogP contribution is 2.38. The lowest BCUT2D eigenvalue weighted by molar-refractivity contribution is -0.870. The van der Waals surface area contributed by atoms with Crippen molar-refractivity contribution in [2.75, 3.05) is 54.1 Å². The van der Waals surface area contributed by atoms with Crippen LogP contribution in [0.4, 0.5) is 0 Å². The summed E-state index contributed by atoms with van der Waals surface area (Å²) in [5.74, 6) is -0.328. The average Bonchev–Trinajstić information content (AvgIpc) is 3.33. The summed E-state index contributed by atoms with van der Waals surface area (Å²) in [6, 6.07) is 0. The van der Waals surface area contributed by atoms with Gasteiger partial charge in [-0.05, 0) is 51.4 Å². The zero-order valence-corrected chi connectivity index (χ0v) is 48.6. The van der Waals surface area contributed by atoms with Crippen molar-refractivity contribution in [3.05, 3.63) is 48.6 Å². The number of carbonyl (C=O) groups is 1. The van der Waals surface area contributed by atoms with E-state index in [0.29, 0.717) is 24.1 Å². The molecule has 0 saturated carbocycles. The molecule has 2 atom stereocenters. The Kier molecular flexibility index (Phi) is 53.5. The molecule has 0 aromatic rings. The zero-order chi connectivity index (χ0) is 51.9. The summed E-state index contributed by atoms with van der Waals surface area (Å²) in [5, 5.41) is 0. The Hall–Kier alpha value is -1.54. The molecule has 0 saturated heterocycles. The first-order chi connectivity index (χ1) is 34.6. The van der Waals surface area contributed by atoms with Gasteiger partial charge in [0.15, 0.2) is 0 Å². The van der Waals surface area contributed by atoms with Crippen LogP contribution in [0.15, 0.2) is 48.6 Å². The van der Waals surface area contributed by atoms with Gasteiger partial charge in [-0.15, -0.1) is 0 Å². The predicted octanol–water partition coefficient (Wildman–Crippen LogP) is 18.8. The standard InChI is InChI=1S/C62H118NO7P/c1-6-8-10-12-14-16-18-20-22-24-26-28-30-31-32-34-36-38-40-42-44-46-48-50-52-54-57-67-59-61(60-69-71(65,66)68-58-56-63(3,4)5)70-62(64)55-53-51-49-47-45-43-41-39-37-35-33-29-27-25-23-21-19-17-15-13-11-9-7-2/h8,10,14,16,20,22,26,28,61H,6-7,9,11-13,15,17-19,21,23-25,27,29-60H2,1-5H3/b10-8-,16-14-,22-20-,28-26-. The number of rotatable bonds is 57. The number of phosphoric ester groups is 1. The van der Waals surface area contributed by atoms with Crippen LogP contribution in [-0.4, -0.2) is 70.7 Å². The number of carbonyl (C=O) groups excluding carboxylic acids is 1. The lowest BCUT2D eigenvalue weighted by atomic mass is 10.0. The Balaban J connectivity index is 4.01. The molecule has 0 radical (unpaired) electrons. The first-order valence-corrected chi connectivity index (χ1v) is 31.8. The van der Waals surface area contributed by atoms with Gasteiger partial charge in [0, 0.05) is 13.0 Å². The number of ether oxygens (including phenoxy) is 2. The van der Waals surface area contributed by atoms with E-state index in [-0.39, 0.29) is 25.8 Å². The van der Waals surface area contributed by atoms with Crippen molar-refractivity contribution >= 4 is 13.8 Å². The molecule has 0 aliphatic rings. The van der Waals surface area contributed by atoms with E-state index >= 15 is 0 Å². The van der Waals surface area contributed by atoms with Crippen LogP contribution in [0.3, 0.4) is 0 Å². The van der Waals surface area contributed by atoms with Crippen LogP contribution in [0.5, 0.6) is 0 Å². The van der Waals surface area contributed by atoms with Crippen molar-refractivity contribution < 1.29 is 37.3 Å². The van der Waals surface area contributed by atoms with Gasteiger partial charge in [-0.1, -0.05) is 274 Å². The maximum Gasteiger partial charge on any atom is 0.306 e. The van der Waals surface area contributed by atoms with Gasteiger partial charge in [-0.25, -0.2) is 0 Å². The first-order valence-electron chi connectivity index (χ1n) is 30.4. The largest absolute Gasteiger partial charge is 0.756 e. The molecule has 0 rings (SSSR count). The second-order valence-electron chi connectivity index (χ2n) is 21.7. The fourth-order valence-electron chi connectivity index (χ4n) is 8.78. The number of allylic oxidation sites excluding steroid dienone is 8. The monoisotopic (exact) mass is 1020 g/mol. The number of hydrogen-bond acceptors (Lipinski definition) is 7. The van der Waals surface area contributed by atoms with E-state index in [1.54, 1.807) is 0 Å². The smallest absolute Gasteiger partial charge is 0.306 e. The molecule has 0 heterocycles. The van der Waals surface area contributed by atoms with Crippen molar-refractivity contribution in [2.24, 2.45) is 0 Å². The molecule has 0 aromatic carbocycles. The van der Waals surface area contributed by atoms with Crippen molar-refractivity contribution in [2.45, 2.75) is 290 Å². The number of phosphoric acid groups is 1. The van der Waals surface area contributed by atoms with Crippen molar-refractivity contribution in [1.82, 2.24) is 0 Å². The molecule has 0 amide bonds. The third-order valence-electron chi connectivity index (χ3n) is 13.4. The van der Waals surface area contributed by atoms with Crippen LogP contribution in [0.2, 0.25) is 0 Å². The molecule has 0 fully saturated rings. The molecule has 2 unspecified atom stereocenters. The van der Waals surface area contributed by atoms with E-state index in [1.165, 1.54) is 205 Å². The van der Waals surface area contributed by atoms with Gasteiger partial charge in [0.1, 0.15) is 19.3 Å². The van der Waals surface area contributed by atoms with Gasteiger partial charge in [0.2, 0.25) is 0 Å². The second kappa shape index (κ2) is 54.7. The Labute approximate surface area is 441 Å². The molecule has 71 heavy (non-hydrogen) atoms. The van der Waals surface area contributed by atoms with Gasteiger partial charge in [0.05, 0.1) is 34.4 Å². The molecule has 9 heteroatoms. The summed E-state index contributed by atoms with van der Waals surface area (Å²) in [6.45, 7) is 5.36. The highest BCUT2D eigenvalue weighted by atomic mass is 31.2. The quantitative estimate of drug-likeness (QED) is 0.0197. The Morgan fingerprint density at radius 2 is 0.817 bits per heavy atom. The number of quaternary nitrogens is 1. The minimum Gasteiger partial charge on any atom is -0.756 e. The third-order valence-corrected chi connectivity index (χ3v) is 14.4. The molecule has 0 bridgehead atoms. The summed E-state index contributed by atoms with van der Waals surface area (Å²) < 4.78 is 34.9. The van der Waals surface area contributed by atoms with Gasteiger partial charge < -0.3 is 27.9 Å². The summed E-state index contributed by atoms with van der Waals surface area (Å²) in [4.78, 5) is 25.3. The SMILES string of the molecule is CC/C=C\C/C=C\C/C=C\C/C=C\CCCCCCCCCCCCCCCOCC(COP(=O)([O-])OCC[N+](C)(C)C)OC(=O)CCCCCCCCCCCCCCCCCCCCCCCCC. The predicted molar refractivity (Wildman–Crippen MR) is 305 cm³/mol. The highest BCUT2D eigenvalue weighted by molar-refractivity contribution is 7.45. The van der Waals surface area contributed by atoms with E-state index in [0.717, 1.165) is 57.8 Å². The van der Waals surface area contributed by atoms with Gasteiger partial charge in [-0.2, -0.15) is 0 Å². The van der Waals surface area contributed by atoms with Gasteiger partial charge in [0.25, 0.3) is 7.82 Å². The number of unbranched alkanes of at least 4 members (excludes halogenated alkanes) is 35. The van der Waals surface area contributed by atoms with Crippen LogP contribution >= 0.6 is 7.82 Å². The lowest BCUT2D eigenvalue weighted by Crippen LogP contribution is -2.37. The Bertz CT molecular complexity index is 1280. The van der Waals surface area contributed by atoms with E-state index < -0.39 is 13.9 Å². The average molecular weight is 1020 g/mol. The summed E-state index contributed by atoms with van der Waals surface area (Å²) in [5.41, 5.74) is 0. The fraction of sp³-hybridized carbons (Fsp3) is 0.855. The Morgan fingerprint density at radius 1 is 0.451 bits per heavy atom. The van der Waals surface area contributed by atoms with Gasteiger partial charge in [-0.3, -0.25) is 9.36 Å². The maximum atomic E-state index is 12.8. The van der Waals surface area contributed by atoms with Crippen LogP contribution in [0.1, 0.15) is 284 Å². The fourth-order valence-corrected chi connectivity index (χ4v) is 9.51. The molecule has 0 N–H and O–H groups in total. The van der Waals surface area contributed by atoms with Crippen molar-refractivity contribution in [1.29, 1.82) is 0 Å². The normalized spacial score (nSPS) is 13.7. The highest BCUT2D eigenvalue weighted by Gasteiger charge is 2.20. The minimum absolute atomic E-state index is 0.0272. The van der Waals surface area contributed by atoms with Crippen LogP contribution in [-0.2, 0) is 27.9 Å². The number of hydrogen-bond donors (Lipinski definition) is 0. The van der Waals surface area contributed by atoms with E-state index in [1.807, 2.05) is 21.1 Å². The van der Waals surface area contributed by atoms with Crippen LogP contribution < -0.4 is 4.89 Å². The van der Waals surface area contributed by atoms with Crippen LogP contribution in [0, 0.1) is 0 Å². The number of nitrogens with zero attached hydrogens (tertiary/aromatic N) is 1. The summed E-state index contributed by atoms with van der Waals surface area (Å²) >= 11 is 0. The molecular formula is C62H118NO7P. The van der Waals surface area contributed by atoms with Crippen LogP contribution in [0.25, 0.3) is 0 Å². The van der Waals surface area contributed by atoms with E-state index in [2.05, 4.69) is 62.5 Å². The first kappa shape index (κ1) is 69.5. The topological polar surface area (TPSA) is 94.1 Å². The van der Waals surface area contributed by atoms with Crippen molar-refractivity contribution in [3.8, 4) is 0 Å². The molecule has 0 aliphatic heterocycles. The molecular weight excluding hydrogens is 902 g/mol. The lowest BCUT2D eigenvalue weighted by Gasteiger charge is -2.28. The zero-order valence-electron chi connectivity index (χ0n) is 47.7. The van der Waals surface area contributed by atoms with Gasteiger partial charge >= 0.3 is 5.97 Å². The number of likely N-dealkylation sites (N-methyl/N-ethyl adjacent to an activating group) is 1. The van der Waals surface area contributed by atoms with E-state index in [9.17, 15) is 14.3 Å². The molecule has 0 spiro atoms. The molecule has 418 valence electrons. The van der Waals surface area contributed by atoms with E-state index in [4.69, 9.17) is 18.5 Å². The Morgan fingerprint density at radius 3 is 1.23 bits per heavy atom. The molecule has 0 aliphatic carbocycles. The number of esters is 1. The van der Waals surface area contributed by atoms with Crippen molar-refractivity contribution in [3.63, 3.8) is 0 Å².